The van der Waals surface area contributed by atoms with Crippen LogP contribution in [-0.4, -0.2) is 18.2 Å². The third kappa shape index (κ3) is 4.92. The smallest absolute Gasteiger partial charge is 0.277 e. The molecule has 0 aromatic heterocycles. The van der Waals surface area contributed by atoms with Gasteiger partial charge in [-0.05, 0) is 83.1 Å². The number of amides is 1. The lowest BCUT2D eigenvalue weighted by Crippen LogP contribution is -2.27. The summed E-state index contributed by atoms with van der Waals surface area (Å²) in [6.07, 6.45) is 3.92. The maximum atomic E-state index is 12.2. The van der Waals surface area contributed by atoms with E-state index in [1.54, 1.807) is 0 Å². The molecule has 0 fully saturated rings. The zero-order chi connectivity index (χ0) is 20.3. The van der Waals surface area contributed by atoms with Gasteiger partial charge in [0.2, 0.25) is 0 Å². The van der Waals surface area contributed by atoms with Crippen molar-refractivity contribution in [3.8, 4) is 5.75 Å². The van der Waals surface area contributed by atoms with Crippen LogP contribution in [-0.2, 0) is 4.79 Å². The van der Waals surface area contributed by atoms with Gasteiger partial charge in [-0.15, -0.1) is 0 Å². The van der Waals surface area contributed by atoms with E-state index >= 15 is 0 Å². The SMILES string of the molecule is C=C(C)C1CC=C(C)/C(=N\NC(=O)COc2ccc3cc(Br)ccc3c2Br)C1. The fourth-order valence-corrected chi connectivity index (χ4v) is 4.07. The van der Waals surface area contributed by atoms with Crippen LogP contribution < -0.4 is 10.2 Å². The summed E-state index contributed by atoms with van der Waals surface area (Å²) < 4.78 is 7.53. The molecule has 4 nitrogen and oxygen atoms in total. The molecule has 6 heteroatoms. The Balaban J connectivity index is 1.63. The second-order valence-corrected chi connectivity index (χ2v) is 8.70. The minimum absolute atomic E-state index is 0.107. The van der Waals surface area contributed by atoms with E-state index in [9.17, 15) is 4.79 Å². The zero-order valence-electron chi connectivity index (χ0n) is 15.9. The number of carbonyl (C=O) groups is 1. The molecule has 0 saturated carbocycles. The first-order chi connectivity index (χ1) is 13.3. The summed E-state index contributed by atoms with van der Waals surface area (Å²) >= 11 is 7.04. The van der Waals surface area contributed by atoms with Gasteiger partial charge in [0.25, 0.3) is 5.91 Å². The van der Waals surface area contributed by atoms with Crippen LogP contribution in [0.4, 0.5) is 0 Å². The van der Waals surface area contributed by atoms with Gasteiger partial charge in [0.1, 0.15) is 5.75 Å². The topological polar surface area (TPSA) is 50.7 Å². The number of nitrogens with one attached hydrogen (secondary N) is 1. The van der Waals surface area contributed by atoms with Gasteiger partial charge in [0.15, 0.2) is 6.61 Å². The Bertz CT molecular complexity index is 995. The van der Waals surface area contributed by atoms with Crippen LogP contribution in [0.1, 0.15) is 26.7 Å². The quantitative estimate of drug-likeness (QED) is 0.391. The number of carbonyl (C=O) groups excluding carboxylic acids is 1. The Morgan fingerprint density at radius 2 is 2.11 bits per heavy atom. The normalized spacial score (nSPS) is 18.1. The minimum atomic E-state index is -0.291. The zero-order valence-corrected chi connectivity index (χ0v) is 19.1. The lowest BCUT2D eigenvalue weighted by atomic mass is 9.85. The highest BCUT2D eigenvalue weighted by atomic mass is 79.9. The first-order valence-corrected chi connectivity index (χ1v) is 10.6. The number of fused-ring (bicyclic) bond motifs is 1. The Hall–Kier alpha value is -1.92. The maximum Gasteiger partial charge on any atom is 0.277 e. The van der Waals surface area contributed by atoms with E-state index in [1.165, 1.54) is 0 Å². The van der Waals surface area contributed by atoms with Crippen molar-refractivity contribution in [1.82, 2.24) is 5.43 Å². The molecule has 1 N–H and O–H groups in total. The summed E-state index contributed by atoms with van der Waals surface area (Å²) in [5.74, 6) is 0.707. The first kappa shape index (κ1) is 20.8. The van der Waals surface area contributed by atoms with Gasteiger partial charge >= 0.3 is 0 Å². The second kappa shape index (κ2) is 9.05. The molecule has 0 spiro atoms. The molecule has 0 saturated heterocycles. The van der Waals surface area contributed by atoms with Gasteiger partial charge in [0.05, 0.1) is 10.2 Å². The van der Waals surface area contributed by atoms with Gasteiger partial charge in [-0.25, -0.2) is 5.43 Å². The molecule has 146 valence electrons. The van der Waals surface area contributed by atoms with Crippen molar-refractivity contribution < 1.29 is 9.53 Å². The van der Waals surface area contributed by atoms with Gasteiger partial charge in [-0.1, -0.05) is 46.3 Å². The highest BCUT2D eigenvalue weighted by Gasteiger charge is 2.19. The largest absolute Gasteiger partial charge is 0.483 e. The Morgan fingerprint density at radius 3 is 2.86 bits per heavy atom. The number of rotatable bonds is 5. The van der Waals surface area contributed by atoms with Crippen molar-refractivity contribution in [1.29, 1.82) is 0 Å². The number of halogens is 2. The van der Waals surface area contributed by atoms with Crippen molar-refractivity contribution in [2.24, 2.45) is 11.0 Å². The van der Waals surface area contributed by atoms with E-state index < -0.39 is 0 Å². The monoisotopic (exact) mass is 504 g/mol. The highest BCUT2D eigenvalue weighted by molar-refractivity contribution is 9.11. The number of ether oxygens (including phenoxy) is 1. The Morgan fingerprint density at radius 1 is 1.32 bits per heavy atom. The van der Waals surface area contributed by atoms with E-state index in [4.69, 9.17) is 4.74 Å². The molecule has 1 unspecified atom stereocenters. The van der Waals surface area contributed by atoms with E-state index in [-0.39, 0.29) is 12.5 Å². The molecule has 28 heavy (non-hydrogen) atoms. The number of hydrogen-bond acceptors (Lipinski definition) is 3. The van der Waals surface area contributed by atoms with Crippen molar-refractivity contribution >= 4 is 54.3 Å². The molecule has 2 aromatic rings. The molecular formula is C22H22Br2N2O2. The number of hydrazone groups is 1. The van der Waals surface area contributed by atoms with Crippen LogP contribution in [0.3, 0.4) is 0 Å². The molecule has 0 bridgehead atoms. The summed E-state index contributed by atoms with van der Waals surface area (Å²) in [6.45, 7) is 7.97. The van der Waals surface area contributed by atoms with Crippen LogP contribution >= 0.6 is 31.9 Å². The molecule has 1 amide bonds. The molecule has 0 aliphatic heterocycles. The van der Waals surface area contributed by atoms with Gasteiger partial charge < -0.3 is 4.74 Å². The number of benzene rings is 2. The summed E-state index contributed by atoms with van der Waals surface area (Å²) in [4.78, 5) is 12.2. The Kier molecular flexibility index (Phi) is 6.73. The maximum absolute atomic E-state index is 12.2. The molecule has 0 radical (unpaired) electrons. The summed E-state index contributed by atoms with van der Waals surface area (Å²) in [7, 11) is 0. The van der Waals surface area contributed by atoms with Crippen LogP contribution in [0.15, 0.2) is 68.2 Å². The fourth-order valence-electron chi connectivity index (χ4n) is 3.08. The molecule has 1 aliphatic carbocycles. The minimum Gasteiger partial charge on any atom is -0.483 e. The molecule has 0 heterocycles. The van der Waals surface area contributed by atoms with E-state index in [2.05, 4.69) is 55.0 Å². The average molecular weight is 506 g/mol. The summed E-state index contributed by atoms with van der Waals surface area (Å²) in [5, 5.41) is 6.40. The van der Waals surface area contributed by atoms with Crippen LogP contribution in [0.25, 0.3) is 10.8 Å². The van der Waals surface area contributed by atoms with Gasteiger partial charge in [-0.3, -0.25) is 4.79 Å². The first-order valence-electron chi connectivity index (χ1n) is 9.03. The van der Waals surface area contributed by atoms with Crippen molar-refractivity contribution in [3.05, 3.63) is 63.1 Å². The van der Waals surface area contributed by atoms with E-state index in [0.717, 1.165) is 49.4 Å². The number of allylic oxidation sites excluding steroid dienone is 3. The standard InChI is InChI=1S/C22H22Br2N2O2/c1-13(2)15-5-4-14(3)19(11-15)25-26-21(27)12-28-20-9-6-16-10-17(23)7-8-18(16)22(20)24/h4,6-10,15H,1,5,11-12H2,2-3H3,(H,26,27)/b25-19-. The highest BCUT2D eigenvalue weighted by Crippen LogP contribution is 2.34. The van der Waals surface area contributed by atoms with Crippen molar-refractivity contribution in [2.45, 2.75) is 26.7 Å². The third-order valence-electron chi connectivity index (χ3n) is 4.86. The van der Waals surface area contributed by atoms with E-state index in [1.807, 2.05) is 44.2 Å². The lowest BCUT2D eigenvalue weighted by molar-refractivity contribution is -0.123. The molecule has 1 atom stereocenters. The van der Waals surface area contributed by atoms with Gasteiger partial charge in [-0.2, -0.15) is 5.10 Å². The average Bonchev–Trinajstić information content (AvgIpc) is 2.66. The molecule has 3 rings (SSSR count). The molecule has 1 aliphatic rings. The van der Waals surface area contributed by atoms with E-state index in [0.29, 0.717) is 11.7 Å². The van der Waals surface area contributed by atoms with Crippen LogP contribution in [0, 0.1) is 5.92 Å². The Labute approximate surface area is 182 Å². The van der Waals surface area contributed by atoms with Gasteiger partial charge in [0, 0.05) is 4.47 Å². The number of nitrogens with zero attached hydrogens (tertiary/aromatic N) is 1. The predicted molar refractivity (Wildman–Crippen MR) is 122 cm³/mol. The molecule has 2 aromatic carbocycles. The van der Waals surface area contributed by atoms with Crippen LogP contribution in [0.5, 0.6) is 5.75 Å². The van der Waals surface area contributed by atoms with Crippen molar-refractivity contribution in [3.63, 3.8) is 0 Å². The summed E-state index contributed by atoms with van der Waals surface area (Å²) in [6, 6.07) is 9.82. The summed E-state index contributed by atoms with van der Waals surface area (Å²) in [5.41, 5.74) is 5.74. The third-order valence-corrected chi connectivity index (χ3v) is 6.17. The second-order valence-electron chi connectivity index (χ2n) is 7.00. The van der Waals surface area contributed by atoms with Crippen LogP contribution in [0.2, 0.25) is 0 Å². The number of hydrogen-bond donors (Lipinski definition) is 1. The fraction of sp³-hybridized carbons (Fsp3) is 0.273. The van der Waals surface area contributed by atoms with Crippen molar-refractivity contribution in [2.75, 3.05) is 6.61 Å². The predicted octanol–water partition coefficient (Wildman–Crippen LogP) is 6.15. The molecular weight excluding hydrogens is 484 g/mol. The lowest BCUT2D eigenvalue weighted by Gasteiger charge is -2.22.